The van der Waals surface area contributed by atoms with Crippen LogP contribution in [0.3, 0.4) is 0 Å². The first kappa shape index (κ1) is 13.7. The van der Waals surface area contributed by atoms with E-state index >= 15 is 0 Å². The molecule has 0 saturated heterocycles. The van der Waals surface area contributed by atoms with Gasteiger partial charge in [0.1, 0.15) is 5.01 Å². The van der Waals surface area contributed by atoms with Gasteiger partial charge in [-0.2, -0.15) is 0 Å². The number of nitrogens with one attached hydrogen (secondary N) is 1. The van der Waals surface area contributed by atoms with Crippen LogP contribution in [0.25, 0.3) is 0 Å². The Kier molecular flexibility index (Phi) is 5.99. The van der Waals surface area contributed by atoms with E-state index in [1.165, 1.54) is 24.3 Å². The number of aryl methyl sites for hydroxylation is 1. The molecule has 0 aromatic carbocycles. The fourth-order valence-corrected chi connectivity index (χ4v) is 2.99. The van der Waals surface area contributed by atoms with E-state index in [-0.39, 0.29) is 0 Å². The molecular formula is C13H24N2S. The summed E-state index contributed by atoms with van der Waals surface area (Å²) < 4.78 is 0. The molecule has 0 aliphatic heterocycles. The Hall–Kier alpha value is -0.410. The van der Waals surface area contributed by atoms with Crippen molar-refractivity contribution in [2.45, 2.75) is 53.0 Å². The van der Waals surface area contributed by atoms with E-state index in [0.717, 1.165) is 12.2 Å². The fourth-order valence-electron chi connectivity index (χ4n) is 2.03. The van der Waals surface area contributed by atoms with Crippen LogP contribution in [0.5, 0.6) is 0 Å². The number of rotatable bonds is 7. The van der Waals surface area contributed by atoms with Gasteiger partial charge in [0, 0.05) is 11.1 Å². The predicted molar refractivity (Wildman–Crippen MR) is 72.0 cm³/mol. The van der Waals surface area contributed by atoms with Crippen molar-refractivity contribution < 1.29 is 0 Å². The normalized spacial score (nSPS) is 13.3. The summed E-state index contributed by atoms with van der Waals surface area (Å²) >= 11 is 1.79. The van der Waals surface area contributed by atoms with Crippen LogP contribution in [-0.2, 0) is 0 Å². The van der Waals surface area contributed by atoms with Crippen molar-refractivity contribution in [2.24, 2.45) is 5.92 Å². The minimum absolute atomic E-state index is 0.452. The molecule has 2 nitrogen and oxygen atoms in total. The highest BCUT2D eigenvalue weighted by Crippen LogP contribution is 2.29. The molecule has 0 bridgehead atoms. The van der Waals surface area contributed by atoms with E-state index in [1.54, 1.807) is 11.3 Å². The van der Waals surface area contributed by atoms with Crippen molar-refractivity contribution in [3.63, 3.8) is 0 Å². The molecule has 1 rings (SSSR count). The zero-order chi connectivity index (χ0) is 12.0. The summed E-state index contributed by atoms with van der Waals surface area (Å²) in [7, 11) is 0. The first-order valence-corrected chi connectivity index (χ1v) is 7.26. The third kappa shape index (κ3) is 3.56. The van der Waals surface area contributed by atoms with Crippen molar-refractivity contribution in [1.82, 2.24) is 10.3 Å². The van der Waals surface area contributed by atoms with Gasteiger partial charge in [-0.1, -0.05) is 33.6 Å². The van der Waals surface area contributed by atoms with Crippen molar-refractivity contribution in [2.75, 3.05) is 6.54 Å². The largest absolute Gasteiger partial charge is 0.308 e. The van der Waals surface area contributed by atoms with Gasteiger partial charge in [-0.05, 0) is 25.8 Å². The molecule has 1 N–H and O–H groups in total. The number of thiazole rings is 1. The highest BCUT2D eigenvalue weighted by Gasteiger charge is 2.22. The molecule has 1 aromatic heterocycles. The minimum atomic E-state index is 0.452. The number of hydrogen-bond donors (Lipinski definition) is 1. The second kappa shape index (κ2) is 7.02. The summed E-state index contributed by atoms with van der Waals surface area (Å²) in [6.07, 6.45) is 3.62. The first-order valence-electron chi connectivity index (χ1n) is 6.38. The van der Waals surface area contributed by atoms with Gasteiger partial charge in [0.25, 0.3) is 0 Å². The molecule has 0 fully saturated rings. The van der Waals surface area contributed by atoms with Crippen LogP contribution in [-0.4, -0.2) is 11.5 Å². The van der Waals surface area contributed by atoms with E-state index in [1.807, 2.05) is 0 Å². The molecule has 0 saturated carbocycles. The van der Waals surface area contributed by atoms with Crippen LogP contribution in [0.15, 0.2) is 5.38 Å². The molecule has 1 unspecified atom stereocenters. The van der Waals surface area contributed by atoms with E-state index in [9.17, 15) is 0 Å². The van der Waals surface area contributed by atoms with E-state index in [0.29, 0.717) is 12.0 Å². The molecule has 0 radical (unpaired) electrons. The van der Waals surface area contributed by atoms with Gasteiger partial charge in [-0.25, -0.2) is 4.98 Å². The van der Waals surface area contributed by atoms with Crippen LogP contribution in [0.4, 0.5) is 0 Å². The Bertz CT molecular complexity index is 292. The molecule has 1 atom stereocenters. The quantitative estimate of drug-likeness (QED) is 0.781. The zero-order valence-corrected chi connectivity index (χ0v) is 11.7. The lowest BCUT2D eigenvalue weighted by Crippen LogP contribution is -2.28. The number of hydrogen-bond acceptors (Lipinski definition) is 3. The van der Waals surface area contributed by atoms with Gasteiger partial charge < -0.3 is 5.32 Å². The van der Waals surface area contributed by atoms with Crippen LogP contribution in [0.1, 0.15) is 56.8 Å². The van der Waals surface area contributed by atoms with Crippen LogP contribution >= 0.6 is 11.3 Å². The number of nitrogens with zero attached hydrogens (tertiary/aromatic N) is 1. The average Bonchev–Trinajstić information content (AvgIpc) is 2.71. The smallest absolute Gasteiger partial charge is 0.110 e. The molecule has 1 aromatic rings. The summed E-state index contributed by atoms with van der Waals surface area (Å²) in [5.74, 6) is 0.706. The Balaban J connectivity index is 2.77. The van der Waals surface area contributed by atoms with Crippen molar-refractivity contribution in [3.05, 3.63) is 16.1 Å². The van der Waals surface area contributed by atoms with E-state index in [2.05, 4.69) is 43.4 Å². The summed E-state index contributed by atoms with van der Waals surface area (Å²) in [6, 6.07) is 0.452. The molecule has 0 amide bonds. The molecular weight excluding hydrogens is 216 g/mol. The van der Waals surface area contributed by atoms with Crippen LogP contribution in [0, 0.1) is 12.8 Å². The number of aromatic nitrogens is 1. The van der Waals surface area contributed by atoms with Gasteiger partial charge in [0.05, 0.1) is 6.04 Å². The maximum atomic E-state index is 4.64. The Morgan fingerprint density at radius 2 is 2.00 bits per heavy atom. The zero-order valence-electron chi connectivity index (χ0n) is 10.9. The lowest BCUT2D eigenvalue weighted by Gasteiger charge is -2.24. The second-order valence-corrected chi connectivity index (χ2v) is 5.23. The maximum Gasteiger partial charge on any atom is 0.110 e. The summed E-state index contributed by atoms with van der Waals surface area (Å²) in [4.78, 5) is 4.64. The van der Waals surface area contributed by atoms with Gasteiger partial charge in [-0.15, -0.1) is 11.3 Å². The van der Waals surface area contributed by atoms with E-state index in [4.69, 9.17) is 0 Å². The van der Waals surface area contributed by atoms with Crippen molar-refractivity contribution >= 4 is 11.3 Å². The Morgan fingerprint density at radius 1 is 1.31 bits per heavy atom. The second-order valence-electron chi connectivity index (χ2n) is 4.34. The van der Waals surface area contributed by atoms with Crippen molar-refractivity contribution in [1.29, 1.82) is 0 Å². The molecule has 3 heteroatoms. The molecule has 0 aliphatic rings. The Labute approximate surface area is 103 Å². The summed E-state index contributed by atoms with van der Waals surface area (Å²) in [6.45, 7) is 9.91. The SMILES string of the molecule is CCCNC(c1nc(C)cs1)C(CC)CC. The fraction of sp³-hybridized carbons (Fsp3) is 0.769. The van der Waals surface area contributed by atoms with Gasteiger partial charge in [-0.3, -0.25) is 0 Å². The predicted octanol–water partition coefficient (Wildman–Crippen LogP) is 3.93. The highest BCUT2D eigenvalue weighted by molar-refractivity contribution is 7.09. The summed E-state index contributed by atoms with van der Waals surface area (Å²) in [5.41, 5.74) is 1.15. The topological polar surface area (TPSA) is 24.9 Å². The van der Waals surface area contributed by atoms with Crippen LogP contribution < -0.4 is 5.32 Å². The highest BCUT2D eigenvalue weighted by atomic mass is 32.1. The first-order chi connectivity index (χ1) is 7.72. The average molecular weight is 240 g/mol. The standard InChI is InChI=1S/C13H24N2S/c1-5-8-14-12(11(6-2)7-3)13-15-10(4)9-16-13/h9,11-12,14H,5-8H2,1-4H3. The molecule has 16 heavy (non-hydrogen) atoms. The molecule has 0 spiro atoms. The lowest BCUT2D eigenvalue weighted by atomic mass is 9.94. The van der Waals surface area contributed by atoms with Gasteiger partial charge >= 0.3 is 0 Å². The van der Waals surface area contributed by atoms with Gasteiger partial charge in [0.2, 0.25) is 0 Å². The van der Waals surface area contributed by atoms with Crippen molar-refractivity contribution in [3.8, 4) is 0 Å². The van der Waals surface area contributed by atoms with E-state index < -0.39 is 0 Å². The minimum Gasteiger partial charge on any atom is -0.308 e. The Morgan fingerprint density at radius 3 is 2.44 bits per heavy atom. The van der Waals surface area contributed by atoms with Gasteiger partial charge in [0.15, 0.2) is 0 Å². The maximum absolute atomic E-state index is 4.64. The molecule has 1 heterocycles. The summed E-state index contributed by atoms with van der Waals surface area (Å²) in [5, 5.41) is 7.06. The molecule has 92 valence electrons. The van der Waals surface area contributed by atoms with Crippen LogP contribution in [0.2, 0.25) is 0 Å². The third-order valence-corrected chi connectivity index (χ3v) is 4.08. The monoisotopic (exact) mass is 240 g/mol. The third-order valence-electron chi connectivity index (χ3n) is 3.04. The molecule has 0 aliphatic carbocycles. The lowest BCUT2D eigenvalue weighted by molar-refractivity contribution is 0.340.